The van der Waals surface area contributed by atoms with Crippen molar-refractivity contribution in [2.24, 2.45) is 23.7 Å². The second kappa shape index (κ2) is 17.7. The smallest absolute Gasteiger partial charge is 0.306 e. The second-order valence-electron chi connectivity index (χ2n) is 17.3. The number of fused-ring (bicyclic) bond motifs is 8. The highest BCUT2D eigenvalue weighted by molar-refractivity contribution is 7.15. The van der Waals surface area contributed by atoms with E-state index in [1.807, 2.05) is 13.8 Å². The summed E-state index contributed by atoms with van der Waals surface area (Å²) in [6, 6.07) is 0.318. The van der Waals surface area contributed by atoms with Gasteiger partial charge in [-0.2, -0.15) is 0 Å². The molecule has 0 radical (unpaired) electrons. The molecule has 3 unspecified atom stereocenters. The fourth-order valence-electron chi connectivity index (χ4n) is 11.1. The Labute approximate surface area is 336 Å². The first kappa shape index (κ1) is 42.1. The number of methoxy groups -OCH3 is 3. The predicted molar refractivity (Wildman–Crippen MR) is 210 cm³/mol. The molecule has 0 aromatic carbocycles. The molecule has 6 aliphatic rings. The molecule has 4 fully saturated rings. The van der Waals surface area contributed by atoms with E-state index in [0.717, 1.165) is 55.5 Å². The zero-order valence-corrected chi connectivity index (χ0v) is 35.5. The molecule has 1 aromatic rings. The summed E-state index contributed by atoms with van der Waals surface area (Å²) in [6.45, 7) is 8.12. The van der Waals surface area contributed by atoms with Crippen LogP contribution in [-0.4, -0.2) is 125 Å². The number of hydrogen-bond donors (Lipinski definition) is 1. The highest BCUT2D eigenvalue weighted by atomic mass is 32.1. The van der Waals surface area contributed by atoms with Gasteiger partial charge in [0.15, 0.2) is 23.5 Å². The lowest BCUT2D eigenvalue weighted by Crippen LogP contribution is -2.59. The van der Waals surface area contributed by atoms with Gasteiger partial charge in [0.25, 0.3) is 0 Å². The van der Waals surface area contributed by atoms with E-state index in [-0.39, 0.29) is 96.8 Å². The van der Waals surface area contributed by atoms with Crippen LogP contribution in [0.3, 0.4) is 0 Å². The summed E-state index contributed by atoms with van der Waals surface area (Å²) in [7, 11) is 9.11. The summed E-state index contributed by atoms with van der Waals surface area (Å²) in [5.74, 6) is -0.929. The van der Waals surface area contributed by atoms with Crippen molar-refractivity contribution in [2.45, 2.75) is 165 Å². The van der Waals surface area contributed by atoms with Gasteiger partial charge in [-0.25, -0.2) is 4.98 Å². The third kappa shape index (κ3) is 8.12. The normalized spacial score (nSPS) is 43.2. The number of ether oxygens (including phenoxy) is 8. The van der Waals surface area contributed by atoms with Crippen molar-refractivity contribution < 1.29 is 47.5 Å². The van der Waals surface area contributed by atoms with E-state index in [4.69, 9.17) is 48.6 Å². The number of nitrogens with two attached hydrogens (primary N) is 1. The zero-order valence-electron chi connectivity index (χ0n) is 34.7. The maximum atomic E-state index is 15.0. The molecule has 56 heavy (non-hydrogen) atoms. The summed E-state index contributed by atoms with van der Waals surface area (Å²) < 4.78 is 50.0. The first-order chi connectivity index (χ1) is 26.9. The van der Waals surface area contributed by atoms with Gasteiger partial charge in [0, 0.05) is 55.9 Å². The second-order valence-corrected chi connectivity index (χ2v) is 18.4. The highest BCUT2D eigenvalue weighted by Crippen LogP contribution is 2.62. The van der Waals surface area contributed by atoms with Gasteiger partial charge in [-0.3, -0.25) is 9.59 Å². The molecule has 0 bridgehead atoms. The van der Waals surface area contributed by atoms with Crippen LogP contribution in [0, 0.1) is 23.7 Å². The maximum Gasteiger partial charge on any atom is 0.306 e. The molecule has 14 heteroatoms. The van der Waals surface area contributed by atoms with Crippen molar-refractivity contribution in [3.05, 3.63) is 22.2 Å². The van der Waals surface area contributed by atoms with Crippen molar-refractivity contribution in [2.75, 3.05) is 41.2 Å². The van der Waals surface area contributed by atoms with Crippen LogP contribution in [0.2, 0.25) is 0 Å². The van der Waals surface area contributed by atoms with E-state index in [1.165, 1.54) is 11.3 Å². The van der Waals surface area contributed by atoms with Crippen molar-refractivity contribution in [3.63, 3.8) is 0 Å². The number of thiazole rings is 1. The van der Waals surface area contributed by atoms with E-state index < -0.39 is 18.3 Å². The Morgan fingerprint density at radius 1 is 0.911 bits per heavy atom. The van der Waals surface area contributed by atoms with Crippen LogP contribution < -0.4 is 5.73 Å². The summed E-state index contributed by atoms with van der Waals surface area (Å²) in [5.41, 5.74) is 8.17. The minimum atomic E-state index is -0.658. The molecule has 0 spiro atoms. The number of aromatic nitrogens is 1. The zero-order chi connectivity index (χ0) is 40.0. The van der Waals surface area contributed by atoms with Gasteiger partial charge in [0.1, 0.15) is 24.4 Å². The van der Waals surface area contributed by atoms with Crippen LogP contribution in [0.25, 0.3) is 0 Å². The Kier molecular flexibility index (Phi) is 13.3. The number of carbonyl (C=O) groups is 2. The van der Waals surface area contributed by atoms with Crippen molar-refractivity contribution in [3.8, 4) is 0 Å². The first-order valence-electron chi connectivity index (χ1n) is 20.9. The number of ketones is 1. The Bertz CT molecular complexity index is 1570. The Morgan fingerprint density at radius 3 is 2.34 bits per heavy atom. The Morgan fingerprint density at radius 2 is 1.66 bits per heavy atom. The molecule has 17 atom stereocenters. The van der Waals surface area contributed by atoms with Gasteiger partial charge in [0.2, 0.25) is 0 Å². The lowest BCUT2D eigenvalue weighted by molar-refractivity contribution is -0.314. The molecule has 3 aliphatic heterocycles. The molecule has 314 valence electrons. The van der Waals surface area contributed by atoms with E-state index in [9.17, 15) is 9.59 Å². The Balaban J connectivity index is 1.18. The van der Waals surface area contributed by atoms with Crippen LogP contribution in [0.15, 0.2) is 11.6 Å². The summed E-state index contributed by atoms with van der Waals surface area (Å²) in [6.07, 6.45) is 5.27. The standard InChI is InChI=1S/C42H65N3O10S/c1-10-23-12-11-13-31(55-33-15-14-30(45(5)6)21(3)51-33)20(2)36(47)29-18-26-25-16-24(54-41-39(50-9)38(49-8)37(48-7)22(4)52-41)17-28(25)35-40(56-42(43)44-35)34(26)27(29)19-32(46)53-23/h18,20-28,30-31,33-34,37-39,41H,10-17,19H2,1-9H3,(H2,43,44)/t20-,21?,22?,23+,24+,25+,26+,27-,28-,30+,31+,33+,34-,37+,38?,39+,41+/m1/s1. The minimum absolute atomic E-state index is 0.00382. The van der Waals surface area contributed by atoms with Crippen LogP contribution in [0.5, 0.6) is 0 Å². The number of hydrogen-bond acceptors (Lipinski definition) is 14. The third-order valence-electron chi connectivity index (χ3n) is 13.9. The lowest BCUT2D eigenvalue weighted by atomic mass is 9.68. The van der Waals surface area contributed by atoms with Gasteiger partial charge < -0.3 is 48.5 Å². The number of esters is 1. The summed E-state index contributed by atoms with van der Waals surface area (Å²) >= 11 is 1.49. The predicted octanol–water partition coefficient (Wildman–Crippen LogP) is 5.60. The van der Waals surface area contributed by atoms with E-state index >= 15 is 0 Å². The molecular weight excluding hydrogens is 739 g/mol. The van der Waals surface area contributed by atoms with Crippen LogP contribution >= 0.6 is 11.3 Å². The molecule has 13 nitrogen and oxygen atoms in total. The van der Waals surface area contributed by atoms with Crippen LogP contribution in [-0.2, 0) is 47.5 Å². The number of rotatable bonds is 9. The van der Waals surface area contributed by atoms with Gasteiger partial charge in [-0.15, -0.1) is 11.3 Å². The number of allylic oxidation sites excluding steroid dienone is 2. The number of anilines is 1. The molecule has 3 aliphatic carbocycles. The average Bonchev–Trinajstić information content (AvgIpc) is 3.87. The van der Waals surface area contributed by atoms with E-state index in [2.05, 4.69) is 38.9 Å². The fourth-order valence-corrected chi connectivity index (χ4v) is 12.2. The largest absolute Gasteiger partial charge is 0.462 e. The lowest BCUT2D eigenvalue weighted by Gasteiger charge is -2.44. The molecule has 0 amide bonds. The minimum Gasteiger partial charge on any atom is -0.462 e. The van der Waals surface area contributed by atoms with Gasteiger partial charge in [0.05, 0.1) is 36.5 Å². The van der Waals surface area contributed by atoms with Crippen molar-refractivity contribution >= 4 is 28.2 Å². The van der Waals surface area contributed by atoms with Crippen molar-refractivity contribution in [1.29, 1.82) is 0 Å². The quantitative estimate of drug-likeness (QED) is 0.309. The number of nitrogens with zero attached hydrogens (tertiary/aromatic N) is 2. The van der Waals surface area contributed by atoms with Crippen LogP contribution in [0.1, 0.15) is 108 Å². The number of cyclic esters (lactones) is 1. The Hall–Kier alpha value is -2.01. The highest BCUT2D eigenvalue weighted by Gasteiger charge is 2.57. The van der Waals surface area contributed by atoms with Gasteiger partial charge >= 0.3 is 5.97 Å². The van der Waals surface area contributed by atoms with Gasteiger partial charge in [-0.05, 0) is 96.7 Å². The fraction of sp³-hybridized carbons (Fsp3) is 0.833. The molecule has 4 heterocycles. The summed E-state index contributed by atoms with van der Waals surface area (Å²) in [5, 5.41) is 0.498. The monoisotopic (exact) mass is 803 g/mol. The number of likely N-dealkylation sites (N-methyl/N-ethyl adjacent to an activating group) is 1. The molecule has 2 N–H and O–H groups in total. The van der Waals surface area contributed by atoms with Gasteiger partial charge in [-0.1, -0.05) is 19.9 Å². The number of nitrogen functional groups attached to an aromatic ring is 1. The van der Waals surface area contributed by atoms with Crippen LogP contribution in [0.4, 0.5) is 5.13 Å². The summed E-state index contributed by atoms with van der Waals surface area (Å²) in [4.78, 5) is 37.0. The van der Waals surface area contributed by atoms with E-state index in [0.29, 0.717) is 23.2 Å². The molecule has 1 saturated carbocycles. The SMILES string of the molecule is CC[C@H]1CCC[C@H](O[C@H]2CC[C@H](N(C)C)C(C)O2)[C@@H](C)C(=O)C2=C[C@H]3[C@@H]4C[C@H](O[C@@H]5OC(C)[C@H](OC)C(OC)[C@@H]5OC)C[C@H]4c4nc(N)sc4[C@H]3[C@@H]2CC(=O)O1. The molecular formula is C42H65N3O10S. The molecule has 3 saturated heterocycles. The average molecular weight is 804 g/mol. The molecule has 1 aromatic heterocycles. The molecule has 7 rings (SSSR count). The van der Waals surface area contributed by atoms with Crippen molar-refractivity contribution in [1.82, 2.24) is 9.88 Å². The topological polar surface area (TPSA) is 150 Å². The third-order valence-corrected chi connectivity index (χ3v) is 14.9. The first-order valence-corrected chi connectivity index (χ1v) is 21.8. The number of Topliss-reactive ketones (excluding diaryl/α,β-unsaturated/α-hetero) is 1. The van der Waals surface area contributed by atoms with E-state index in [1.54, 1.807) is 21.3 Å². The number of carbonyl (C=O) groups excluding carboxylic acids is 2. The maximum absolute atomic E-state index is 15.0.